The van der Waals surface area contributed by atoms with Crippen LogP contribution in [0.25, 0.3) is 10.2 Å². The number of fused-ring (bicyclic) bond motifs is 1. The third-order valence-corrected chi connectivity index (χ3v) is 3.74. The molecule has 20 heavy (non-hydrogen) atoms. The molecule has 0 saturated carbocycles. The highest BCUT2D eigenvalue weighted by molar-refractivity contribution is 7.16. The number of thiazole rings is 1. The molecule has 0 fully saturated rings. The SMILES string of the molecule is O=[N+]([O-])c1cccc(CNc2ccc3ncsc3c2)c1. The number of rotatable bonds is 4. The van der Waals surface area contributed by atoms with Crippen LogP contribution in [0.5, 0.6) is 0 Å². The van der Waals surface area contributed by atoms with Gasteiger partial charge in [0.15, 0.2) is 0 Å². The number of nitrogens with zero attached hydrogens (tertiary/aromatic N) is 2. The fourth-order valence-electron chi connectivity index (χ4n) is 1.95. The molecule has 0 unspecified atom stereocenters. The van der Waals surface area contributed by atoms with Gasteiger partial charge in [0.1, 0.15) is 0 Å². The lowest BCUT2D eigenvalue weighted by Crippen LogP contribution is -1.99. The third-order valence-electron chi connectivity index (χ3n) is 2.95. The van der Waals surface area contributed by atoms with Gasteiger partial charge in [-0.25, -0.2) is 4.98 Å². The summed E-state index contributed by atoms with van der Waals surface area (Å²) >= 11 is 1.59. The van der Waals surface area contributed by atoms with Crippen LogP contribution in [0.3, 0.4) is 0 Å². The molecule has 0 bridgehead atoms. The van der Waals surface area contributed by atoms with Crippen molar-refractivity contribution in [2.24, 2.45) is 0 Å². The van der Waals surface area contributed by atoms with E-state index in [1.54, 1.807) is 23.5 Å². The van der Waals surface area contributed by atoms with Crippen LogP contribution < -0.4 is 5.32 Å². The van der Waals surface area contributed by atoms with Crippen LogP contribution >= 0.6 is 11.3 Å². The largest absolute Gasteiger partial charge is 0.381 e. The van der Waals surface area contributed by atoms with Gasteiger partial charge >= 0.3 is 0 Å². The zero-order valence-corrected chi connectivity index (χ0v) is 11.3. The van der Waals surface area contributed by atoms with Crippen LogP contribution in [-0.4, -0.2) is 9.91 Å². The van der Waals surface area contributed by atoms with Crippen molar-refractivity contribution >= 4 is 32.9 Å². The van der Waals surface area contributed by atoms with Crippen LogP contribution in [-0.2, 0) is 6.54 Å². The van der Waals surface area contributed by atoms with E-state index in [0.29, 0.717) is 6.54 Å². The molecule has 1 heterocycles. The quantitative estimate of drug-likeness (QED) is 0.584. The minimum atomic E-state index is -0.382. The zero-order chi connectivity index (χ0) is 13.9. The molecule has 0 spiro atoms. The number of hydrogen-bond acceptors (Lipinski definition) is 5. The number of aromatic nitrogens is 1. The number of anilines is 1. The number of benzene rings is 2. The first-order chi connectivity index (χ1) is 9.72. The summed E-state index contributed by atoms with van der Waals surface area (Å²) in [6.45, 7) is 0.548. The van der Waals surface area contributed by atoms with E-state index in [1.807, 2.05) is 29.8 Å². The summed E-state index contributed by atoms with van der Waals surface area (Å²) < 4.78 is 1.12. The molecule has 0 amide bonds. The summed E-state index contributed by atoms with van der Waals surface area (Å²) in [6, 6.07) is 12.6. The van der Waals surface area contributed by atoms with Crippen LogP contribution in [0.4, 0.5) is 11.4 Å². The van der Waals surface area contributed by atoms with Gasteiger partial charge in [-0.3, -0.25) is 10.1 Å². The summed E-state index contributed by atoms with van der Waals surface area (Å²) in [6.07, 6.45) is 0. The molecule has 3 aromatic rings. The first-order valence-electron chi connectivity index (χ1n) is 6.03. The topological polar surface area (TPSA) is 68.1 Å². The van der Waals surface area contributed by atoms with Crippen molar-refractivity contribution in [3.8, 4) is 0 Å². The van der Waals surface area contributed by atoms with Gasteiger partial charge in [-0.15, -0.1) is 11.3 Å². The van der Waals surface area contributed by atoms with Crippen molar-refractivity contribution in [3.63, 3.8) is 0 Å². The normalized spacial score (nSPS) is 10.6. The van der Waals surface area contributed by atoms with Crippen molar-refractivity contribution in [1.82, 2.24) is 4.98 Å². The maximum absolute atomic E-state index is 10.7. The van der Waals surface area contributed by atoms with Crippen LogP contribution in [0.1, 0.15) is 5.56 Å². The minimum Gasteiger partial charge on any atom is -0.381 e. The average molecular weight is 285 g/mol. The molecule has 0 saturated heterocycles. The Morgan fingerprint density at radius 3 is 3.00 bits per heavy atom. The molecule has 100 valence electrons. The maximum Gasteiger partial charge on any atom is 0.269 e. The molecule has 3 rings (SSSR count). The van der Waals surface area contributed by atoms with Crippen LogP contribution in [0.2, 0.25) is 0 Å². The Kier molecular flexibility index (Phi) is 3.30. The molecule has 1 aromatic heterocycles. The average Bonchev–Trinajstić information content (AvgIpc) is 2.93. The first-order valence-corrected chi connectivity index (χ1v) is 6.91. The molecule has 6 heteroatoms. The third kappa shape index (κ3) is 2.60. The molecule has 0 aliphatic carbocycles. The van der Waals surface area contributed by atoms with Gasteiger partial charge in [-0.1, -0.05) is 12.1 Å². The smallest absolute Gasteiger partial charge is 0.269 e. The predicted octanol–water partition coefficient (Wildman–Crippen LogP) is 3.82. The zero-order valence-electron chi connectivity index (χ0n) is 10.4. The summed E-state index contributed by atoms with van der Waals surface area (Å²) in [5.41, 5.74) is 4.77. The number of nitrogens with one attached hydrogen (secondary N) is 1. The standard InChI is InChI=1S/C14H11N3O2S/c18-17(19)12-3-1-2-10(6-12)8-15-11-4-5-13-14(7-11)20-9-16-13/h1-7,9,15H,8H2. The first kappa shape index (κ1) is 12.6. The fourth-order valence-corrected chi connectivity index (χ4v) is 2.67. The Balaban J connectivity index is 1.75. The van der Waals surface area contributed by atoms with Crippen molar-refractivity contribution in [2.45, 2.75) is 6.54 Å². The van der Waals surface area contributed by atoms with Gasteiger partial charge in [0.05, 0.1) is 20.7 Å². The lowest BCUT2D eigenvalue weighted by molar-refractivity contribution is -0.384. The molecule has 0 radical (unpaired) electrons. The second kappa shape index (κ2) is 5.26. The Labute approximate surface area is 119 Å². The van der Waals surface area contributed by atoms with E-state index < -0.39 is 0 Å². The highest BCUT2D eigenvalue weighted by Crippen LogP contribution is 2.22. The summed E-state index contributed by atoms with van der Waals surface area (Å²) in [7, 11) is 0. The van der Waals surface area contributed by atoms with Crippen molar-refractivity contribution in [2.75, 3.05) is 5.32 Å². The maximum atomic E-state index is 10.7. The van der Waals surface area contributed by atoms with Crippen molar-refractivity contribution < 1.29 is 4.92 Å². The van der Waals surface area contributed by atoms with E-state index in [4.69, 9.17) is 0 Å². The molecular weight excluding hydrogens is 274 g/mol. The van der Waals surface area contributed by atoms with Gasteiger partial charge in [-0.2, -0.15) is 0 Å². The number of nitro groups is 1. The molecule has 1 N–H and O–H groups in total. The van der Waals surface area contributed by atoms with Gasteiger partial charge in [0.25, 0.3) is 5.69 Å². The number of non-ortho nitro benzene ring substituents is 1. The minimum absolute atomic E-state index is 0.113. The van der Waals surface area contributed by atoms with E-state index in [-0.39, 0.29) is 10.6 Å². The highest BCUT2D eigenvalue weighted by Gasteiger charge is 2.05. The Bertz CT molecular complexity index is 770. The Hall–Kier alpha value is -2.47. The van der Waals surface area contributed by atoms with Gasteiger partial charge < -0.3 is 5.32 Å². The molecule has 0 atom stereocenters. The molecule has 0 aliphatic heterocycles. The van der Waals surface area contributed by atoms with Gasteiger partial charge in [-0.05, 0) is 23.8 Å². The second-order valence-electron chi connectivity index (χ2n) is 4.32. The van der Waals surface area contributed by atoms with Crippen LogP contribution in [0, 0.1) is 10.1 Å². The van der Waals surface area contributed by atoms with Crippen molar-refractivity contribution in [1.29, 1.82) is 0 Å². The lowest BCUT2D eigenvalue weighted by atomic mass is 10.2. The van der Waals surface area contributed by atoms with Gasteiger partial charge in [0.2, 0.25) is 0 Å². The summed E-state index contributed by atoms with van der Waals surface area (Å²) in [4.78, 5) is 14.6. The molecule has 2 aromatic carbocycles. The Morgan fingerprint density at radius 1 is 1.25 bits per heavy atom. The van der Waals surface area contributed by atoms with E-state index >= 15 is 0 Å². The Morgan fingerprint density at radius 2 is 2.15 bits per heavy atom. The van der Waals surface area contributed by atoms with E-state index in [9.17, 15) is 10.1 Å². The van der Waals surface area contributed by atoms with Gasteiger partial charge in [0, 0.05) is 24.4 Å². The van der Waals surface area contributed by atoms with Crippen molar-refractivity contribution in [3.05, 3.63) is 63.7 Å². The second-order valence-corrected chi connectivity index (χ2v) is 5.20. The number of nitro benzene ring substituents is 1. The van der Waals surface area contributed by atoms with E-state index in [2.05, 4.69) is 10.3 Å². The molecular formula is C14H11N3O2S. The lowest BCUT2D eigenvalue weighted by Gasteiger charge is -2.06. The molecule has 5 nitrogen and oxygen atoms in total. The molecule has 0 aliphatic rings. The highest BCUT2D eigenvalue weighted by atomic mass is 32.1. The monoisotopic (exact) mass is 285 g/mol. The fraction of sp³-hybridized carbons (Fsp3) is 0.0714. The van der Waals surface area contributed by atoms with Crippen LogP contribution in [0.15, 0.2) is 48.0 Å². The predicted molar refractivity (Wildman–Crippen MR) is 80.0 cm³/mol. The summed E-state index contributed by atoms with van der Waals surface area (Å²) in [5, 5.41) is 14.0. The van der Waals surface area contributed by atoms with E-state index in [0.717, 1.165) is 21.5 Å². The summed E-state index contributed by atoms with van der Waals surface area (Å²) in [5.74, 6) is 0. The number of hydrogen-bond donors (Lipinski definition) is 1. The van der Waals surface area contributed by atoms with E-state index in [1.165, 1.54) is 6.07 Å².